The average molecular weight is 286 g/mol. The third-order valence-corrected chi connectivity index (χ3v) is 3.11. The summed E-state index contributed by atoms with van der Waals surface area (Å²) in [5.41, 5.74) is 1.17. The van der Waals surface area contributed by atoms with Crippen LogP contribution in [0.4, 0.5) is 0 Å². The minimum Gasteiger partial charge on any atom is -0.492 e. The number of benzene rings is 1. The molecule has 0 spiro atoms. The Morgan fingerprint density at radius 2 is 2.19 bits per heavy atom. The fourth-order valence-electron chi connectivity index (χ4n) is 1.34. The Labute approximate surface area is 107 Å². The van der Waals surface area contributed by atoms with Gasteiger partial charge in [0.15, 0.2) is 0 Å². The monoisotopic (exact) mass is 285 g/mol. The van der Waals surface area contributed by atoms with E-state index in [0.29, 0.717) is 12.6 Å². The molecule has 0 saturated carbocycles. The second-order valence-corrected chi connectivity index (χ2v) is 4.94. The zero-order valence-electron chi connectivity index (χ0n) is 10.2. The van der Waals surface area contributed by atoms with Crippen LogP contribution in [-0.2, 0) is 0 Å². The van der Waals surface area contributed by atoms with Crippen LogP contribution in [0.25, 0.3) is 0 Å². The molecule has 1 aromatic rings. The second-order valence-electron chi connectivity index (χ2n) is 4.02. The molecule has 0 saturated heterocycles. The molecule has 0 bridgehead atoms. The number of aryl methyl sites for hydroxylation is 1. The normalized spacial score (nSPS) is 12.5. The van der Waals surface area contributed by atoms with Gasteiger partial charge in [0.05, 0.1) is 0 Å². The van der Waals surface area contributed by atoms with Gasteiger partial charge in [-0.2, -0.15) is 0 Å². The maximum Gasteiger partial charge on any atom is 0.123 e. The molecular formula is C13H20BrNO. The maximum atomic E-state index is 5.72. The molecule has 1 rings (SSSR count). The summed E-state index contributed by atoms with van der Waals surface area (Å²) in [4.78, 5) is 0. The molecular weight excluding hydrogens is 266 g/mol. The van der Waals surface area contributed by atoms with Crippen LogP contribution < -0.4 is 10.1 Å². The molecule has 0 fully saturated rings. The number of ether oxygens (including phenoxy) is 1. The highest BCUT2D eigenvalue weighted by Crippen LogP contribution is 2.22. The van der Waals surface area contributed by atoms with Crippen molar-refractivity contribution >= 4 is 15.9 Å². The Balaban J connectivity index is 2.34. The third kappa shape index (κ3) is 4.54. The summed E-state index contributed by atoms with van der Waals surface area (Å²) < 4.78 is 6.78. The van der Waals surface area contributed by atoms with Crippen molar-refractivity contribution in [2.75, 3.05) is 13.2 Å². The van der Waals surface area contributed by atoms with Crippen molar-refractivity contribution in [1.29, 1.82) is 0 Å². The lowest BCUT2D eigenvalue weighted by molar-refractivity contribution is 0.304. The van der Waals surface area contributed by atoms with Gasteiger partial charge < -0.3 is 10.1 Å². The molecule has 1 N–H and O–H groups in total. The van der Waals surface area contributed by atoms with Crippen LogP contribution in [0.1, 0.15) is 25.8 Å². The molecule has 0 heterocycles. The van der Waals surface area contributed by atoms with Gasteiger partial charge in [-0.25, -0.2) is 0 Å². The molecule has 0 aliphatic carbocycles. The summed E-state index contributed by atoms with van der Waals surface area (Å²) in [6.45, 7) is 8.02. The lowest BCUT2D eigenvalue weighted by atomic mass is 10.2. The van der Waals surface area contributed by atoms with Crippen molar-refractivity contribution < 1.29 is 4.74 Å². The van der Waals surface area contributed by atoms with E-state index in [0.717, 1.165) is 23.2 Å². The van der Waals surface area contributed by atoms with E-state index < -0.39 is 0 Å². The highest BCUT2D eigenvalue weighted by atomic mass is 79.9. The third-order valence-electron chi connectivity index (χ3n) is 2.61. The van der Waals surface area contributed by atoms with Gasteiger partial charge in [-0.05, 0) is 38.0 Å². The first-order valence-corrected chi connectivity index (χ1v) is 6.55. The summed E-state index contributed by atoms with van der Waals surface area (Å²) in [6, 6.07) is 6.66. The van der Waals surface area contributed by atoms with Gasteiger partial charge in [-0.1, -0.05) is 28.9 Å². The Kier molecular flexibility index (Phi) is 5.85. The second kappa shape index (κ2) is 6.92. The van der Waals surface area contributed by atoms with Gasteiger partial charge in [0.25, 0.3) is 0 Å². The van der Waals surface area contributed by atoms with Crippen LogP contribution in [0.2, 0.25) is 0 Å². The zero-order valence-corrected chi connectivity index (χ0v) is 11.8. The quantitative estimate of drug-likeness (QED) is 0.808. The predicted molar refractivity (Wildman–Crippen MR) is 72.1 cm³/mol. The van der Waals surface area contributed by atoms with Crippen molar-refractivity contribution in [2.45, 2.75) is 33.2 Å². The SMILES string of the molecule is CCC(C)NCCOc1cc(Br)ccc1C. The van der Waals surface area contributed by atoms with Crippen molar-refractivity contribution in [3.63, 3.8) is 0 Å². The predicted octanol–water partition coefficient (Wildman–Crippen LogP) is 3.52. The number of hydrogen-bond donors (Lipinski definition) is 1. The Hall–Kier alpha value is -0.540. The topological polar surface area (TPSA) is 21.3 Å². The van der Waals surface area contributed by atoms with E-state index in [1.54, 1.807) is 0 Å². The van der Waals surface area contributed by atoms with Crippen molar-refractivity contribution in [3.8, 4) is 5.75 Å². The standard InChI is InChI=1S/C13H20BrNO/c1-4-11(3)15-7-8-16-13-9-12(14)6-5-10(13)2/h5-6,9,11,15H,4,7-8H2,1-3H3. The molecule has 16 heavy (non-hydrogen) atoms. The molecule has 1 unspecified atom stereocenters. The van der Waals surface area contributed by atoms with Crippen LogP contribution in [0.3, 0.4) is 0 Å². The first-order chi connectivity index (χ1) is 7.63. The fourth-order valence-corrected chi connectivity index (χ4v) is 1.68. The van der Waals surface area contributed by atoms with E-state index in [1.807, 2.05) is 12.1 Å². The number of halogens is 1. The summed E-state index contributed by atoms with van der Waals surface area (Å²) in [6.07, 6.45) is 1.15. The Bertz CT molecular complexity index is 328. The molecule has 0 aliphatic heterocycles. The smallest absolute Gasteiger partial charge is 0.123 e. The molecule has 3 heteroatoms. The van der Waals surface area contributed by atoms with Gasteiger partial charge in [0.2, 0.25) is 0 Å². The van der Waals surface area contributed by atoms with Gasteiger partial charge in [-0.15, -0.1) is 0 Å². The minimum absolute atomic E-state index is 0.562. The van der Waals surface area contributed by atoms with Crippen LogP contribution in [0.5, 0.6) is 5.75 Å². The van der Waals surface area contributed by atoms with Gasteiger partial charge in [0.1, 0.15) is 12.4 Å². The van der Waals surface area contributed by atoms with E-state index in [2.05, 4.69) is 48.1 Å². The number of rotatable bonds is 6. The molecule has 1 atom stereocenters. The first kappa shape index (κ1) is 13.5. The largest absolute Gasteiger partial charge is 0.492 e. The van der Waals surface area contributed by atoms with E-state index in [4.69, 9.17) is 4.74 Å². The molecule has 1 aromatic carbocycles. The molecule has 0 amide bonds. The highest BCUT2D eigenvalue weighted by Gasteiger charge is 2.01. The van der Waals surface area contributed by atoms with E-state index in [9.17, 15) is 0 Å². The molecule has 2 nitrogen and oxygen atoms in total. The number of hydrogen-bond acceptors (Lipinski definition) is 2. The van der Waals surface area contributed by atoms with Crippen LogP contribution in [0.15, 0.2) is 22.7 Å². The maximum absolute atomic E-state index is 5.72. The van der Waals surface area contributed by atoms with E-state index in [1.165, 1.54) is 5.56 Å². The summed E-state index contributed by atoms with van der Waals surface area (Å²) in [7, 11) is 0. The van der Waals surface area contributed by atoms with Crippen molar-refractivity contribution in [2.24, 2.45) is 0 Å². The number of nitrogens with one attached hydrogen (secondary N) is 1. The van der Waals surface area contributed by atoms with E-state index >= 15 is 0 Å². The molecule has 90 valence electrons. The minimum atomic E-state index is 0.562. The van der Waals surface area contributed by atoms with Crippen LogP contribution in [-0.4, -0.2) is 19.2 Å². The molecule has 0 radical (unpaired) electrons. The van der Waals surface area contributed by atoms with Gasteiger partial charge in [0, 0.05) is 17.1 Å². The molecule has 0 aromatic heterocycles. The van der Waals surface area contributed by atoms with Crippen LogP contribution >= 0.6 is 15.9 Å². The molecule has 0 aliphatic rings. The Morgan fingerprint density at radius 1 is 1.44 bits per heavy atom. The zero-order chi connectivity index (χ0) is 12.0. The Morgan fingerprint density at radius 3 is 2.88 bits per heavy atom. The van der Waals surface area contributed by atoms with Crippen molar-refractivity contribution in [1.82, 2.24) is 5.32 Å². The lowest BCUT2D eigenvalue weighted by Gasteiger charge is -2.13. The van der Waals surface area contributed by atoms with Gasteiger partial charge >= 0.3 is 0 Å². The van der Waals surface area contributed by atoms with Crippen LogP contribution in [0, 0.1) is 6.92 Å². The summed E-state index contributed by atoms with van der Waals surface area (Å²) in [5, 5.41) is 3.40. The average Bonchev–Trinajstić information content (AvgIpc) is 2.28. The first-order valence-electron chi connectivity index (χ1n) is 5.75. The fraction of sp³-hybridized carbons (Fsp3) is 0.538. The lowest BCUT2D eigenvalue weighted by Crippen LogP contribution is -2.29. The van der Waals surface area contributed by atoms with Gasteiger partial charge in [-0.3, -0.25) is 0 Å². The summed E-state index contributed by atoms with van der Waals surface area (Å²) in [5.74, 6) is 0.959. The van der Waals surface area contributed by atoms with E-state index in [-0.39, 0.29) is 0 Å². The van der Waals surface area contributed by atoms with Crippen molar-refractivity contribution in [3.05, 3.63) is 28.2 Å². The highest BCUT2D eigenvalue weighted by molar-refractivity contribution is 9.10. The summed E-state index contributed by atoms with van der Waals surface area (Å²) >= 11 is 3.44.